The first-order valence-corrected chi connectivity index (χ1v) is 8.05. The minimum Gasteiger partial charge on any atom is -0.443 e. The zero-order chi connectivity index (χ0) is 19.5. The van der Waals surface area contributed by atoms with Crippen LogP contribution in [-0.2, 0) is 9.47 Å². The Morgan fingerprint density at radius 1 is 1.00 bits per heavy atom. The largest absolute Gasteiger partial charge is 0.443 e. The molecule has 0 aromatic carbocycles. The monoisotopic (exact) mass is 361 g/mol. The molecule has 2 rings (SSSR count). The number of aromatic nitrogens is 4. The number of imide groups is 1. The Labute approximate surface area is 151 Å². The Morgan fingerprint density at radius 3 is 2.04 bits per heavy atom. The summed E-state index contributed by atoms with van der Waals surface area (Å²) in [5, 5.41) is 4.07. The second kappa shape index (κ2) is 7.11. The lowest BCUT2D eigenvalue weighted by atomic mass is 10.2. The van der Waals surface area contributed by atoms with Gasteiger partial charge in [0.05, 0.1) is 0 Å². The van der Waals surface area contributed by atoms with E-state index in [2.05, 4.69) is 15.1 Å². The number of anilines is 1. The summed E-state index contributed by atoms with van der Waals surface area (Å²) in [5.74, 6) is 0.221. The fourth-order valence-corrected chi connectivity index (χ4v) is 1.83. The molecule has 2 amide bonds. The summed E-state index contributed by atoms with van der Waals surface area (Å²) >= 11 is 0. The molecule has 0 N–H and O–H groups in total. The quantitative estimate of drug-likeness (QED) is 0.808. The van der Waals surface area contributed by atoms with Gasteiger partial charge in [-0.15, -0.1) is 4.90 Å². The molecule has 0 aliphatic heterocycles. The maximum absolute atomic E-state index is 12.6. The van der Waals surface area contributed by atoms with E-state index in [1.165, 1.54) is 10.9 Å². The first kappa shape index (κ1) is 19.4. The highest BCUT2D eigenvalue weighted by Crippen LogP contribution is 2.19. The highest BCUT2D eigenvalue weighted by molar-refractivity contribution is 6.08. The van der Waals surface area contributed by atoms with Crippen molar-refractivity contribution in [2.75, 3.05) is 4.90 Å². The van der Waals surface area contributed by atoms with E-state index in [0.717, 1.165) is 0 Å². The number of carbonyl (C=O) groups excluding carboxylic acids is 2. The minimum absolute atomic E-state index is 0.165. The SMILES string of the molecule is CC(C)(C)OC(=O)N(C(=O)OC(C)(C)C)c1nccc(-n2cccn2)n1. The lowest BCUT2D eigenvalue weighted by Crippen LogP contribution is -2.44. The van der Waals surface area contributed by atoms with Crippen molar-refractivity contribution in [3.8, 4) is 5.82 Å². The van der Waals surface area contributed by atoms with E-state index in [4.69, 9.17) is 9.47 Å². The number of rotatable bonds is 2. The molecule has 2 aromatic rings. The van der Waals surface area contributed by atoms with Crippen LogP contribution in [0.1, 0.15) is 41.5 Å². The Bertz CT molecular complexity index is 747. The van der Waals surface area contributed by atoms with Crippen molar-refractivity contribution >= 4 is 18.1 Å². The Balaban J connectivity index is 2.41. The van der Waals surface area contributed by atoms with E-state index in [1.54, 1.807) is 66.1 Å². The summed E-state index contributed by atoms with van der Waals surface area (Å²) < 4.78 is 12.1. The lowest BCUT2D eigenvalue weighted by molar-refractivity contribution is 0.0427. The van der Waals surface area contributed by atoms with Gasteiger partial charge in [-0.3, -0.25) is 0 Å². The van der Waals surface area contributed by atoms with Crippen LogP contribution in [0.2, 0.25) is 0 Å². The molecule has 0 saturated heterocycles. The number of hydrogen-bond acceptors (Lipinski definition) is 7. The van der Waals surface area contributed by atoms with Crippen LogP contribution in [0.5, 0.6) is 0 Å². The van der Waals surface area contributed by atoms with Crippen LogP contribution < -0.4 is 4.90 Å². The van der Waals surface area contributed by atoms with Crippen LogP contribution >= 0.6 is 0 Å². The Morgan fingerprint density at radius 2 is 1.58 bits per heavy atom. The number of hydrogen-bond donors (Lipinski definition) is 0. The molecule has 0 radical (unpaired) electrons. The molecule has 0 saturated carbocycles. The zero-order valence-corrected chi connectivity index (χ0v) is 15.8. The molecule has 0 bridgehead atoms. The van der Waals surface area contributed by atoms with Gasteiger partial charge in [0.1, 0.15) is 11.2 Å². The molecule has 0 spiro atoms. The van der Waals surface area contributed by atoms with Crippen LogP contribution in [0.15, 0.2) is 30.7 Å². The van der Waals surface area contributed by atoms with Crippen LogP contribution in [0.3, 0.4) is 0 Å². The first-order chi connectivity index (χ1) is 12.0. The van der Waals surface area contributed by atoms with E-state index < -0.39 is 23.4 Å². The normalized spacial score (nSPS) is 11.8. The van der Waals surface area contributed by atoms with Gasteiger partial charge in [0.2, 0.25) is 5.95 Å². The predicted octanol–water partition coefficient (Wildman–Crippen LogP) is 3.34. The summed E-state index contributed by atoms with van der Waals surface area (Å²) in [7, 11) is 0. The van der Waals surface area contributed by atoms with Gasteiger partial charge in [-0.2, -0.15) is 10.1 Å². The third-order valence-corrected chi connectivity index (χ3v) is 2.72. The average Bonchev–Trinajstić information content (AvgIpc) is 2.97. The topological polar surface area (TPSA) is 99.4 Å². The van der Waals surface area contributed by atoms with E-state index >= 15 is 0 Å². The summed E-state index contributed by atoms with van der Waals surface area (Å²) in [5.41, 5.74) is -1.62. The minimum atomic E-state index is -0.927. The van der Waals surface area contributed by atoms with Gasteiger partial charge in [-0.05, 0) is 47.6 Å². The van der Waals surface area contributed by atoms with E-state index in [9.17, 15) is 9.59 Å². The molecule has 9 heteroatoms. The van der Waals surface area contributed by atoms with Crippen LogP contribution in [0.25, 0.3) is 5.82 Å². The zero-order valence-electron chi connectivity index (χ0n) is 15.8. The van der Waals surface area contributed by atoms with Gasteiger partial charge >= 0.3 is 12.2 Å². The standard InChI is InChI=1S/C17H23N5O4/c1-16(2,3)25-14(23)22(15(24)26-17(4,5)6)13-18-10-8-12(20-13)21-11-7-9-19-21/h7-11H,1-6H3. The van der Waals surface area contributed by atoms with Gasteiger partial charge in [-0.1, -0.05) is 0 Å². The molecule has 0 unspecified atom stereocenters. The van der Waals surface area contributed by atoms with Crippen molar-refractivity contribution in [1.29, 1.82) is 0 Å². The molecule has 26 heavy (non-hydrogen) atoms. The van der Waals surface area contributed by atoms with Gasteiger partial charge in [0.25, 0.3) is 0 Å². The highest BCUT2D eigenvalue weighted by atomic mass is 16.6. The summed E-state index contributed by atoms with van der Waals surface area (Å²) in [4.78, 5) is 34.1. The maximum atomic E-state index is 12.6. The van der Waals surface area contributed by atoms with E-state index in [-0.39, 0.29) is 5.95 Å². The van der Waals surface area contributed by atoms with Crippen molar-refractivity contribution in [3.05, 3.63) is 30.7 Å². The Hall–Kier alpha value is -2.97. The summed E-state index contributed by atoms with van der Waals surface area (Å²) in [6.07, 6.45) is 2.83. The van der Waals surface area contributed by atoms with Crippen LogP contribution in [0, 0.1) is 0 Å². The molecular formula is C17H23N5O4. The Kier molecular flexibility index (Phi) is 5.29. The lowest BCUT2D eigenvalue weighted by Gasteiger charge is -2.27. The van der Waals surface area contributed by atoms with Gasteiger partial charge < -0.3 is 9.47 Å². The van der Waals surface area contributed by atoms with Gasteiger partial charge in [0.15, 0.2) is 5.82 Å². The molecule has 0 aliphatic rings. The molecular weight excluding hydrogens is 338 g/mol. The third kappa shape index (κ3) is 5.27. The smallest absolute Gasteiger partial charge is 0.427 e. The van der Waals surface area contributed by atoms with Crippen molar-refractivity contribution in [2.24, 2.45) is 0 Å². The number of nitrogens with zero attached hydrogens (tertiary/aromatic N) is 5. The maximum Gasteiger partial charge on any atom is 0.427 e. The average molecular weight is 361 g/mol. The molecule has 140 valence electrons. The second-order valence-electron chi connectivity index (χ2n) is 7.46. The van der Waals surface area contributed by atoms with E-state index in [0.29, 0.717) is 10.7 Å². The van der Waals surface area contributed by atoms with Gasteiger partial charge in [-0.25, -0.2) is 19.3 Å². The van der Waals surface area contributed by atoms with Crippen LogP contribution in [0.4, 0.5) is 15.5 Å². The molecule has 2 heterocycles. The molecule has 0 atom stereocenters. The fraction of sp³-hybridized carbons (Fsp3) is 0.471. The highest BCUT2D eigenvalue weighted by Gasteiger charge is 2.34. The van der Waals surface area contributed by atoms with Crippen molar-refractivity contribution in [1.82, 2.24) is 19.7 Å². The summed E-state index contributed by atoms with van der Waals surface area (Å²) in [6.45, 7) is 10.2. The summed E-state index contributed by atoms with van der Waals surface area (Å²) in [6, 6.07) is 3.32. The fourth-order valence-electron chi connectivity index (χ4n) is 1.83. The van der Waals surface area contributed by atoms with E-state index in [1.807, 2.05) is 0 Å². The molecule has 0 aliphatic carbocycles. The van der Waals surface area contributed by atoms with Crippen molar-refractivity contribution in [3.63, 3.8) is 0 Å². The number of amides is 2. The first-order valence-electron chi connectivity index (χ1n) is 8.05. The molecule has 9 nitrogen and oxygen atoms in total. The van der Waals surface area contributed by atoms with Crippen molar-refractivity contribution in [2.45, 2.75) is 52.7 Å². The molecule has 0 fully saturated rings. The third-order valence-electron chi connectivity index (χ3n) is 2.72. The molecule has 2 aromatic heterocycles. The van der Waals surface area contributed by atoms with Crippen LogP contribution in [-0.4, -0.2) is 43.1 Å². The predicted molar refractivity (Wildman–Crippen MR) is 94.1 cm³/mol. The number of carbonyl (C=O) groups is 2. The number of ether oxygens (including phenoxy) is 2. The van der Waals surface area contributed by atoms with Gasteiger partial charge in [0, 0.05) is 24.7 Å². The second-order valence-corrected chi connectivity index (χ2v) is 7.46. The van der Waals surface area contributed by atoms with Crippen molar-refractivity contribution < 1.29 is 19.1 Å².